The maximum atomic E-state index is 13.8. The Morgan fingerprint density at radius 2 is 1.76 bits per heavy atom. The summed E-state index contributed by atoms with van der Waals surface area (Å²) >= 11 is 0. The summed E-state index contributed by atoms with van der Waals surface area (Å²) in [5.74, 6) is 0.940. The van der Waals surface area contributed by atoms with Crippen molar-refractivity contribution in [2.45, 2.75) is 56.8 Å². The number of methoxy groups -OCH3 is 1. The van der Waals surface area contributed by atoms with Gasteiger partial charge in [-0.05, 0) is 67.6 Å². The quantitative estimate of drug-likeness (QED) is 0.246. The zero-order valence-electron chi connectivity index (χ0n) is 21.9. The van der Waals surface area contributed by atoms with E-state index in [9.17, 15) is 23.5 Å². The number of nitrogens with zero attached hydrogens (tertiary/aromatic N) is 1. The Balaban J connectivity index is 1.55. The smallest absolute Gasteiger partial charge is 0.220 e. The van der Waals surface area contributed by atoms with Crippen LogP contribution in [0.5, 0.6) is 11.5 Å². The molecule has 9 heteroatoms. The van der Waals surface area contributed by atoms with E-state index in [0.717, 1.165) is 0 Å². The zero-order valence-corrected chi connectivity index (χ0v) is 21.9. The van der Waals surface area contributed by atoms with Gasteiger partial charge in [-0.2, -0.15) is 0 Å². The van der Waals surface area contributed by atoms with Crippen molar-refractivity contribution in [3.8, 4) is 11.5 Å². The standard InChI is InChI=1S/C29H38F2N2O5/c1-37-24-11-7-21(8-12-24)27(34)5-4-6-28(35)32-26(20-33-17-15-23(31)19-33)29(36)22-9-13-25(14-10-22)38-18-3-2-16-30/h7-14,23,26,29,36H,2-6,15-20H2,1H3,(H,32,35)/t23-,26-,29-/m1/s1. The molecule has 1 amide bonds. The predicted octanol–water partition coefficient (Wildman–Crippen LogP) is 4.44. The number of carbonyl (C=O) groups is 2. The van der Waals surface area contributed by atoms with Gasteiger partial charge in [-0.25, -0.2) is 4.39 Å². The van der Waals surface area contributed by atoms with E-state index in [1.807, 2.05) is 4.90 Å². The first kappa shape index (κ1) is 29.5. The van der Waals surface area contributed by atoms with Crippen LogP contribution in [-0.4, -0.2) is 73.9 Å². The van der Waals surface area contributed by atoms with Gasteiger partial charge in [0.25, 0.3) is 0 Å². The van der Waals surface area contributed by atoms with E-state index in [1.165, 1.54) is 0 Å². The van der Waals surface area contributed by atoms with Crippen molar-refractivity contribution < 1.29 is 33.0 Å². The number of rotatable bonds is 16. The normalized spacial score (nSPS) is 17.1. The summed E-state index contributed by atoms with van der Waals surface area (Å²) in [4.78, 5) is 27.1. The number of amides is 1. The minimum atomic E-state index is -1.01. The molecule has 0 radical (unpaired) electrons. The molecule has 2 aromatic rings. The third-order valence-electron chi connectivity index (χ3n) is 6.64. The number of hydrogen-bond donors (Lipinski definition) is 2. The second kappa shape index (κ2) is 15.4. The number of aliphatic hydroxyl groups is 1. The Morgan fingerprint density at radius 3 is 2.39 bits per heavy atom. The maximum absolute atomic E-state index is 13.8. The molecule has 38 heavy (non-hydrogen) atoms. The number of halogens is 2. The molecule has 0 saturated carbocycles. The summed E-state index contributed by atoms with van der Waals surface area (Å²) in [5, 5.41) is 14.0. The molecular formula is C29H38F2N2O5. The molecule has 208 valence electrons. The van der Waals surface area contributed by atoms with Gasteiger partial charge in [-0.15, -0.1) is 0 Å². The van der Waals surface area contributed by atoms with E-state index >= 15 is 0 Å². The monoisotopic (exact) mass is 532 g/mol. The van der Waals surface area contributed by atoms with Crippen LogP contribution in [0.1, 0.15) is 60.6 Å². The number of aliphatic hydroxyl groups excluding tert-OH is 1. The maximum Gasteiger partial charge on any atom is 0.220 e. The van der Waals surface area contributed by atoms with Crippen LogP contribution in [0.4, 0.5) is 8.78 Å². The Kier molecular flexibility index (Phi) is 12.0. The van der Waals surface area contributed by atoms with Crippen LogP contribution in [0, 0.1) is 0 Å². The highest BCUT2D eigenvalue weighted by atomic mass is 19.1. The van der Waals surface area contributed by atoms with E-state index in [-0.39, 0.29) is 37.8 Å². The van der Waals surface area contributed by atoms with Gasteiger partial charge in [0, 0.05) is 38.0 Å². The van der Waals surface area contributed by atoms with E-state index in [1.54, 1.807) is 55.6 Å². The molecule has 3 atom stereocenters. The summed E-state index contributed by atoms with van der Waals surface area (Å²) in [7, 11) is 1.56. The highest BCUT2D eigenvalue weighted by Crippen LogP contribution is 2.23. The minimum absolute atomic E-state index is 0.0601. The lowest BCUT2D eigenvalue weighted by Crippen LogP contribution is -2.46. The van der Waals surface area contributed by atoms with Crippen molar-refractivity contribution in [2.75, 3.05) is 40.0 Å². The molecule has 1 saturated heterocycles. The summed E-state index contributed by atoms with van der Waals surface area (Å²) in [6.45, 7) is 1.16. The number of Topliss-reactive ketones (excluding diaryl/α,β-unsaturated/α-hetero) is 1. The lowest BCUT2D eigenvalue weighted by atomic mass is 10.0. The minimum Gasteiger partial charge on any atom is -0.497 e. The molecule has 3 rings (SSSR count). The van der Waals surface area contributed by atoms with Gasteiger partial charge in [-0.3, -0.25) is 18.9 Å². The molecule has 1 aliphatic heterocycles. The van der Waals surface area contributed by atoms with E-state index in [2.05, 4.69) is 5.32 Å². The van der Waals surface area contributed by atoms with Crippen molar-refractivity contribution in [1.29, 1.82) is 0 Å². The summed E-state index contributed by atoms with van der Waals surface area (Å²) in [5.41, 5.74) is 1.15. The second-order valence-corrected chi connectivity index (χ2v) is 9.58. The molecule has 1 aliphatic rings. The van der Waals surface area contributed by atoms with Gasteiger partial charge < -0.3 is 19.9 Å². The summed E-state index contributed by atoms with van der Waals surface area (Å²) in [6, 6.07) is 13.1. The fraction of sp³-hybridized carbons (Fsp3) is 0.517. The molecule has 0 aliphatic carbocycles. The number of likely N-dealkylation sites (tertiary alicyclic amines) is 1. The van der Waals surface area contributed by atoms with Crippen LogP contribution in [0.15, 0.2) is 48.5 Å². The summed E-state index contributed by atoms with van der Waals surface area (Å²) < 4.78 is 36.7. The number of hydrogen-bond acceptors (Lipinski definition) is 6. The highest BCUT2D eigenvalue weighted by Gasteiger charge is 2.29. The molecule has 0 aromatic heterocycles. The number of alkyl halides is 2. The van der Waals surface area contributed by atoms with Crippen molar-refractivity contribution in [3.63, 3.8) is 0 Å². The molecule has 2 N–H and O–H groups in total. The van der Waals surface area contributed by atoms with Crippen LogP contribution >= 0.6 is 0 Å². The first-order valence-electron chi connectivity index (χ1n) is 13.2. The van der Waals surface area contributed by atoms with Crippen molar-refractivity contribution in [3.05, 3.63) is 59.7 Å². The SMILES string of the molecule is COc1ccc(C(=O)CCCC(=O)N[C@H](CN2CC[C@@H](F)C2)[C@H](O)c2ccc(OCCCCF)cc2)cc1. The number of ketones is 1. The largest absolute Gasteiger partial charge is 0.497 e. The lowest BCUT2D eigenvalue weighted by molar-refractivity contribution is -0.123. The van der Waals surface area contributed by atoms with Crippen LogP contribution < -0.4 is 14.8 Å². The second-order valence-electron chi connectivity index (χ2n) is 9.58. The number of unbranched alkanes of at least 4 members (excludes halogenated alkanes) is 1. The Hall–Kier alpha value is -3.04. The first-order chi connectivity index (χ1) is 18.4. The number of nitrogens with one attached hydrogen (secondary N) is 1. The molecule has 0 spiro atoms. The van der Waals surface area contributed by atoms with E-state index in [0.29, 0.717) is 68.0 Å². The third kappa shape index (κ3) is 9.36. The molecule has 7 nitrogen and oxygen atoms in total. The first-order valence-corrected chi connectivity index (χ1v) is 13.2. The van der Waals surface area contributed by atoms with Crippen molar-refractivity contribution in [1.82, 2.24) is 10.2 Å². The fourth-order valence-corrected chi connectivity index (χ4v) is 4.44. The van der Waals surface area contributed by atoms with Gasteiger partial charge in [0.1, 0.15) is 23.8 Å². The van der Waals surface area contributed by atoms with Gasteiger partial charge in [0.05, 0.1) is 26.4 Å². The van der Waals surface area contributed by atoms with Crippen molar-refractivity contribution in [2.24, 2.45) is 0 Å². The van der Waals surface area contributed by atoms with Crippen molar-refractivity contribution >= 4 is 11.7 Å². The van der Waals surface area contributed by atoms with E-state index < -0.39 is 18.3 Å². The van der Waals surface area contributed by atoms with Gasteiger partial charge in [0.15, 0.2) is 5.78 Å². The number of carbonyl (C=O) groups excluding carboxylic acids is 2. The van der Waals surface area contributed by atoms with E-state index in [4.69, 9.17) is 9.47 Å². The molecule has 0 bridgehead atoms. The highest BCUT2D eigenvalue weighted by molar-refractivity contribution is 5.96. The van der Waals surface area contributed by atoms with Gasteiger partial charge in [-0.1, -0.05) is 12.1 Å². The molecular weight excluding hydrogens is 494 g/mol. The Bertz CT molecular complexity index is 1000. The molecule has 0 unspecified atom stereocenters. The number of ether oxygens (including phenoxy) is 2. The van der Waals surface area contributed by atoms with Crippen LogP contribution in [0.2, 0.25) is 0 Å². The topological polar surface area (TPSA) is 88.1 Å². The Morgan fingerprint density at radius 1 is 1.05 bits per heavy atom. The average molecular weight is 533 g/mol. The van der Waals surface area contributed by atoms with Crippen LogP contribution in [0.25, 0.3) is 0 Å². The molecule has 1 heterocycles. The third-order valence-corrected chi connectivity index (χ3v) is 6.64. The molecule has 1 fully saturated rings. The fourth-order valence-electron chi connectivity index (χ4n) is 4.44. The van der Waals surface area contributed by atoms with Gasteiger partial charge in [0.2, 0.25) is 5.91 Å². The lowest BCUT2D eigenvalue weighted by Gasteiger charge is -2.29. The van der Waals surface area contributed by atoms with Crippen LogP contribution in [-0.2, 0) is 4.79 Å². The van der Waals surface area contributed by atoms with Gasteiger partial charge >= 0.3 is 0 Å². The zero-order chi connectivity index (χ0) is 27.3. The number of benzene rings is 2. The average Bonchev–Trinajstić information content (AvgIpc) is 3.35. The predicted molar refractivity (Wildman–Crippen MR) is 141 cm³/mol. The Labute approximate surface area is 223 Å². The summed E-state index contributed by atoms with van der Waals surface area (Å²) in [6.07, 6.45) is 0.275. The van der Waals surface area contributed by atoms with Crippen LogP contribution in [0.3, 0.4) is 0 Å². The molecule has 2 aromatic carbocycles.